The first kappa shape index (κ1) is 15.5. The molecule has 0 radical (unpaired) electrons. The lowest BCUT2D eigenvalue weighted by atomic mass is 9.71. The highest BCUT2D eigenvalue weighted by Crippen LogP contribution is 2.51. The first-order valence-electron chi connectivity index (χ1n) is 7.24. The van der Waals surface area contributed by atoms with Gasteiger partial charge >= 0.3 is 0 Å². The van der Waals surface area contributed by atoms with Crippen molar-refractivity contribution in [1.82, 2.24) is 5.32 Å². The Bertz CT molecular complexity index is 480. The summed E-state index contributed by atoms with van der Waals surface area (Å²) in [6, 6.07) is 6.82. The highest BCUT2D eigenvalue weighted by atomic mass is 35.5. The standard InChI is InChI=1S/C16H23NO2.ClH/c1-4-17-12-8-11-9-16(2,10-12)19-15-13(11)6-5-7-14(15)18-3;/h5-7,11-12,17H,4,8-10H2,1-3H3;1H. The maximum atomic E-state index is 6.32. The predicted octanol–water partition coefficient (Wildman–Crippen LogP) is 3.51. The van der Waals surface area contributed by atoms with Crippen LogP contribution in [0.4, 0.5) is 0 Å². The summed E-state index contributed by atoms with van der Waals surface area (Å²) in [6.07, 6.45) is 3.40. The maximum Gasteiger partial charge on any atom is 0.165 e. The molecule has 0 saturated heterocycles. The summed E-state index contributed by atoms with van der Waals surface area (Å²) in [6.45, 7) is 5.43. The van der Waals surface area contributed by atoms with Crippen LogP contribution in [0.2, 0.25) is 0 Å². The van der Waals surface area contributed by atoms with Crippen LogP contribution >= 0.6 is 12.4 Å². The second kappa shape index (κ2) is 5.82. The Morgan fingerprint density at radius 1 is 1.40 bits per heavy atom. The zero-order valence-electron chi connectivity index (χ0n) is 12.4. The van der Waals surface area contributed by atoms with Crippen molar-refractivity contribution in [2.75, 3.05) is 13.7 Å². The van der Waals surface area contributed by atoms with E-state index in [0.29, 0.717) is 12.0 Å². The fourth-order valence-corrected chi connectivity index (χ4v) is 3.77. The fraction of sp³-hybridized carbons (Fsp3) is 0.625. The van der Waals surface area contributed by atoms with Crippen molar-refractivity contribution in [1.29, 1.82) is 0 Å². The zero-order chi connectivity index (χ0) is 13.5. The Morgan fingerprint density at radius 3 is 2.90 bits per heavy atom. The van der Waals surface area contributed by atoms with E-state index in [1.807, 2.05) is 6.07 Å². The van der Waals surface area contributed by atoms with Gasteiger partial charge in [0.2, 0.25) is 0 Å². The van der Waals surface area contributed by atoms with Gasteiger partial charge < -0.3 is 14.8 Å². The lowest BCUT2D eigenvalue weighted by Crippen LogP contribution is -2.50. The predicted molar refractivity (Wildman–Crippen MR) is 83.3 cm³/mol. The number of hydrogen-bond donors (Lipinski definition) is 1. The van der Waals surface area contributed by atoms with Crippen molar-refractivity contribution < 1.29 is 9.47 Å². The van der Waals surface area contributed by atoms with E-state index in [1.54, 1.807) is 7.11 Å². The molecule has 4 heteroatoms. The van der Waals surface area contributed by atoms with Gasteiger partial charge in [-0.3, -0.25) is 0 Å². The summed E-state index contributed by atoms with van der Waals surface area (Å²) in [5.74, 6) is 2.43. The number of nitrogens with one attached hydrogen (secondary N) is 1. The summed E-state index contributed by atoms with van der Waals surface area (Å²) >= 11 is 0. The van der Waals surface area contributed by atoms with Crippen LogP contribution in [0.1, 0.15) is 44.6 Å². The largest absolute Gasteiger partial charge is 0.493 e. The third-order valence-electron chi connectivity index (χ3n) is 4.44. The molecule has 1 saturated carbocycles. The van der Waals surface area contributed by atoms with Crippen LogP contribution in [0.5, 0.6) is 11.5 Å². The smallest absolute Gasteiger partial charge is 0.165 e. The van der Waals surface area contributed by atoms with Crippen molar-refractivity contribution in [2.24, 2.45) is 0 Å². The Labute approximate surface area is 127 Å². The number of rotatable bonds is 3. The van der Waals surface area contributed by atoms with Crippen LogP contribution in [-0.2, 0) is 0 Å². The van der Waals surface area contributed by atoms with Gasteiger partial charge in [-0.15, -0.1) is 12.4 Å². The molecule has 2 bridgehead atoms. The molecule has 2 aliphatic rings. The number of methoxy groups -OCH3 is 1. The lowest BCUT2D eigenvalue weighted by Gasteiger charge is -2.47. The molecule has 3 unspecified atom stereocenters. The van der Waals surface area contributed by atoms with Crippen molar-refractivity contribution >= 4 is 12.4 Å². The van der Waals surface area contributed by atoms with Gasteiger partial charge in [-0.05, 0) is 38.3 Å². The van der Waals surface area contributed by atoms with E-state index in [2.05, 4.69) is 31.3 Å². The number of ether oxygens (including phenoxy) is 2. The van der Waals surface area contributed by atoms with Crippen LogP contribution in [-0.4, -0.2) is 25.3 Å². The molecule has 112 valence electrons. The van der Waals surface area contributed by atoms with Gasteiger partial charge in [0.1, 0.15) is 5.60 Å². The third-order valence-corrected chi connectivity index (χ3v) is 4.44. The van der Waals surface area contributed by atoms with Gasteiger partial charge in [0.15, 0.2) is 11.5 Å². The van der Waals surface area contributed by atoms with Crippen LogP contribution < -0.4 is 14.8 Å². The Morgan fingerprint density at radius 2 is 2.20 bits per heavy atom. The van der Waals surface area contributed by atoms with E-state index in [0.717, 1.165) is 30.9 Å². The van der Waals surface area contributed by atoms with Gasteiger partial charge in [0.25, 0.3) is 0 Å². The van der Waals surface area contributed by atoms with Gasteiger partial charge in [-0.25, -0.2) is 0 Å². The van der Waals surface area contributed by atoms with Gasteiger partial charge in [-0.2, -0.15) is 0 Å². The summed E-state index contributed by atoms with van der Waals surface area (Å²) < 4.78 is 11.8. The molecular formula is C16H24ClNO2. The molecule has 1 heterocycles. The molecule has 1 aromatic carbocycles. The molecule has 3 rings (SSSR count). The minimum atomic E-state index is -0.0581. The first-order chi connectivity index (χ1) is 9.15. The second-order valence-electron chi connectivity index (χ2n) is 6.03. The van der Waals surface area contributed by atoms with Crippen LogP contribution in [0.3, 0.4) is 0 Å². The summed E-state index contributed by atoms with van der Waals surface area (Å²) in [7, 11) is 1.72. The molecule has 1 N–H and O–H groups in total. The molecule has 1 fully saturated rings. The third kappa shape index (κ3) is 2.61. The fourth-order valence-electron chi connectivity index (χ4n) is 3.77. The SMILES string of the molecule is CCNC1CC2CC(C)(C1)Oc1c(OC)cccc12.Cl. The molecule has 0 aromatic heterocycles. The van der Waals surface area contributed by atoms with Crippen molar-refractivity contribution in [2.45, 2.75) is 50.7 Å². The molecule has 1 aliphatic heterocycles. The zero-order valence-corrected chi connectivity index (χ0v) is 13.3. The molecule has 3 atom stereocenters. The molecule has 0 amide bonds. The Balaban J connectivity index is 0.00000147. The van der Waals surface area contributed by atoms with Crippen molar-refractivity contribution in [3.63, 3.8) is 0 Å². The molecule has 0 spiro atoms. The molecule has 3 nitrogen and oxygen atoms in total. The second-order valence-corrected chi connectivity index (χ2v) is 6.03. The number of halogens is 1. The normalized spacial score (nSPS) is 30.8. The topological polar surface area (TPSA) is 30.5 Å². The van der Waals surface area contributed by atoms with Gasteiger partial charge in [0.05, 0.1) is 7.11 Å². The van der Waals surface area contributed by atoms with Crippen LogP contribution in [0.15, 0.2) is 18.2 Å². The number of hydrogen-bond acceptors (Lipinski definition) is 3. The maximum absolute atomic E-state index is 6.32. The minimum absolute atomic E-state index is 0. The monoisotopic (exact) mass is 297 g/mol. The van der Waals surface area contributed by atoms with Crippen LogP contribution in [0.25, 0.3) is 0 Å². The van der Waals surface area contributed by atoms with Crippen molar-refractivity contribution in [3.05, 3.63) is 23.8 Å². The lowest BCUT2D eigenvalue weighted by molar-refractivity contribution is 0.00562. The number of para-hydroxylation sites is 1. The summed E-state index contributed by atoms with van der Waals surface area (Å²) in [5, 5.41) is 3.59. The Hall–Kier alpha value is -0.930. The highest BCUT2D eigenvalue weighted by Gasteiger charge is 2.44. The first-order valence-corrected chi connectivity index (χ1v) is 7.24. The summed E-state index contributed by atoms with van der Waals surface area (Å²) in [5.41, 5.74) is 1.26. The van der Waals surface area contributed by atoms with Gasteiger partial charge in [-0.1, -0.05) is 19.1 Å². The quantitative estimate of drug-likeness (QED) is 0.926. The van der Waals surface area contributed by atoms with E-state index < -0.39 is 0 Å². The highest BCUT2D eigenvalue weighted by molar-refractivity contribution is 5.85. The number of benzene rings is 1. The Kier molecular flexibility index (Phi) is 4.50. The van der Waals surface area contributed by atoms with E-state index in [-0.39, 0.29) is 18.0 Å². The van der Waals surface area contributed by atoms with Crippen molar-refractivity contribution in [3.8, 4) is 11.5 Å². The van der Waals surface area contributed by atoms with E-state index in [4.69, 9.17) is 9.47 Å². The van der Waals surface area contributed by atoms with E-state index in [9.17, 15) is 0 Å². The van der Waals surface area contributed by atoms with Crippen LogP contribution in [0, 0.1) is 0 Å². The summed E-state index contributed by atoms with van der Waals surface area (Å²) in [4.78, 5) is 0. The molecule has 1 aliphatic carbocycles. The molecular weight excluding hydrogens is 274 g/mol. The average molecular weight is 298 g/mol. The van der Waals surface area contributed by atoms with E-state index >= 15 is 0 Å². The number of fused-ring (bicyclic) bond motifs is 4. The average Bonchev–Trinajstić information content (AvgIpc) is 2.37. The minimum Gasteiger partial charge on any atom is -0.493 e. The van der Waals surface area contributed by atoms with Gasteiger partial charge in [0, 0.05) is 18.0 Å². The molecule has 1 aromatic rings. The van der Waals surface area contributed by atoms with E-state index in [1.165, 1.54) is 12.0 Å². The molecule has 20 heavy (non-hydrogen) atoms.